The van der Waals surface area contributed by atoms with Crippen molar-refractivity contribution in [3.63, 3.8) is 0 Å². The molecule has 2 unspecified atom stereocenters. The van der Waals surface area contributed by atoms with Gasteiger partial charge in [-0.15, -0.1) is 0 Å². The van der Waals surface area contributed by atoms with Crippen LogP contribution in [0.3, 0.4) is 0 Å². The lowest BCUT2D eigenvalue weighted by Gasteiger charge is -2.16. The van der Waals surface area contributed by atoms with Crippen LogP contribution in [0.25, 0.3) is 10.9 Å². The molecule has 26 heavy (non-hydrogen) atoms. The van der Waals surface area contributed by atoms with Gasteiger partial charge in [-0.25, -0.2) is 4.39 Å². The van der Waals surface area contributed by atoms with Crippen molar-refractivity contribution in [3.05, 3.63) is 66.1 Å². The minimum Gasteiger partial charge on any atom is -0.486 e. The van der Waals surface area contributed by atoms with E-state index in [-0.39, 0.29) is 24.6 Å². The second-order valence-corrected chi connectivity index (χ2v) is 6.58. The van der Waals surface area contributed by atoms with Gasteiger partial charge in [0.05, 0.1) is 12.1 Å². The molecule has 5 heteroatoms. The number of halogens is 1. The second kappa shape index (κ2) is 8.34. The predicted molar refractivity (Wildman–Crippen MR) is 102 cm³/mol. The summed E-state index contributed by atoms with van der Waals surface area (Å²) in [5.41, 5.74) is 2.04. The van der Waals surface area contributed by atoms with Crippen molar-refractivity contribution in [1.82, 2.24) is 9.88 Å². The van der Waals surface area contributed by atoms with Gasteiger partial charge in [-0.3, -0.25) is 0 Å². The largest absolute Gasteiger partial charge is 0.486 e. The van der Waals surface area contributed by atoms with Gasteiger partial charge in [0.2, 0.25) is 0 Å². The van der Waals surface area contributed by atoms with Gasteiger partial charge in [0.15, 0.2) is 0 Å². The minimum atomic E-state index is -0.246. The third-order valence-corrected chi connectivity index (χ3v) is 4.52. The summed E-state index contributed by atoms with van der Waals surface area (Å²) in [4.78, 5) is 0. The number of hydrogen-bond acceptors (Lipinski definition) is 3. The van der Waals surface area contributed by atoms with Crippen molar-refractivity contribution in [3.8, 4) is 5.75 Å². The van der Waals surface area contributed by atoms with Gasteiger partial charge in [-0.2, -0.15) is 0 Å². The van der Waals surface area contributed by atoms with E-state index in [1.165, 1.54) is 12.1 Å². The molecule has 2 aromatic carbocycles. The maximum Gasteiger partial charge on any atom is 0.123 e. The Morgan fingerprint density at radius 1 is 1.12 bits per heavy atom. The molecule has 3 aromatic rings. The molecular formula is C21H25FN2O2. The Bertz CT molecular complexity index is 845. The monoisotopic (exact) mass is 356 g/mol. The quantitative estimate of drug-likeness (QED) is 0.644. The second-order valence-electron chi connectivity index (χ2n) is 6.58. The molecule has 0 amide bonds. The van der Waals surface area contributed by atoms with E-state index in [1.54, 1.807) is 12.1 Å². The van der Waals surface area contributed by atoms with Crippen LogP contribution in [0.4, 0.5) is 4.39 Å². The first-order valence-corrected chi connectivity index (χ1v) is 8.92. The van der Waals surface area contributed by atoms with Crippen LogP contribution in [0.5, 0.6) is 5.75 Å². The molecule has 1 heterocycles. The maximum absolute atomic E-state index is 13.1. The number of fused-ring (bicyclic) bond motifs is 1. The van der Waals surface area contributed by atoms with Gasteiger partial charge in [0.1, 0.15) is 17.7 Å². The fraction of sp³-hybridized carbons (Fsp3) is 0.333. The fourth-order valence-corrected chi connectivity index (χ4v) is 2.93. The molecule has 0 bridgehead atoms. The Morgan fingerprint density at radius 2 is 1.88 bits per heavy atom. The molecule has 2 atom stereocenters. The normalized spacial score (nSPS) is 13.7. The van der Waals surface area contributed by atoms with Gasteiger partial charge in [0.25, 0.3) is 0 Å². The lowest BCUT2D eigenvalue weighted by Crippen LogP contribution is -2.31. The van der Waals surface area contributed by atoms with Crippen molar-refractivity contribution in [1.29, 1.82) is 0 Å². The van der Waals surface area contributed by atoms with E-state index in [2.05, 4.69) is 22.1 Å². The number of aromatic nitrogens is 1. The van der Waals surface area contributed by atoms with Gasteiger partial charge in [-0.1, -0.05) is 12.1 Å². The summed E-state index contributed by atoms with van der Waals surface area (Å²) in [7, 11) is 0. The van der Waals surface area contributed by atoms with Gasteiger partial charge >= 0.3 is 0 Å². The first-order valence-electron chi connectivity index (χ1n) is 8.92. The number of benzene rings is 2. The highest BCUT2D eigenvalue weighted by molar-refractivity contribution is 5.81. The first kappa shape index (κ1) is 18.4. The smallest absolute Gasteiger partial charge is 0.123 e. The molecule has 4 nitrogen and oxygen atoms in total. The van der Waals surface area contributed by atoms with Crippen LogP contribution < -0.4 is 10.1 Å². The number of hydrogen-bond donors (Lipinski definition) is 2. The number of aliphatic hydroxyl groups excluding tert-OH is 1. The van der Waals surface area contributed by atoms with E-state index in [1.807, 2.05) is 32.0 Å². The molecular weight excluding hydrogens is 331 g/mol. The van der Waals surface area contributed by atoms with E-state index in [0.717, 1.165) is 35.3 Å². The fourth-order valence-electron chi connectivity index (χ4n) is 2.93. The Morgan fingerprint density at radius 3 is 2.62 bits per heavy atom. The molecule has 2 N–H and O–H groups in total. The average Bonchev–Trinajstić information content (AvgIpc) is 3.04. The summed E-state index contributed by atoms with van der Waals surface area (Å²) >= 11 is 0. The Balaban J connectivity index is 1.71. The summed E-state index contributed by atoms with van der Waals surface area (Å²) in [5, 5.41) is 13.5. The van der Waals surface area contributed by atoms with Crippen LogP contribution in [0, 0.1) is 5.82 Å². The number of nitrogens with one attached hydrogen (secondary N) is 1. The van der Waals surface area contributed by atoms with Gasteiger partial charge in [0, 0.05) is 31.4 Å². The van der Waals surface area contributed by atoms with E-state index >= 15 is 0 Å². The molecule has 0 aliphatic heterocycles. The van der Waals surface area contributed by atoms with E-state index in [0.29, 0.717) is 0 Å². The molecule has 0 spiro atoms. The Hall–Kier alpha value is -2.37. The van der Waals surface area contributed by atoms with Crippen molar-refractivity contribution >= 4 is 10.9 Å². The molecule has 0 radical (unpaired) electrons. The van der Waals surface area contributed by atoms with Crippen molar-refractivity contribution < 1.29 is 14.2 Å². The van der Waals surface area contributed by atoms with Crippen molar-refractivity contribution in [2.24, 2.45) is 0 Å². The highest BCUT2D eigenvalue weighted by Gasteiger charge is 2.09. The maximum atomic E-state index is 13.1. The average molecular weight is 356 g/mol. The number of ether oxygens (including phenoxy) is 1. The van der Waals surface area contributed by atoms with Crippen LogP contribution in [-0.4, -0.2) is 28.9 Å². The first-order chi connectivity index (χ1) is 12.6. The number of aliphatic hydroxyl groups is 1. The summed E-state index contributed by atoms with van der Waals surface area (Å²) in [6.07, 6.45) is 1.90. The van der Waals surface area contributed by atoms with E-state index < -0.39 is 0 Å². The molecule has 0 fully saturated rings. The Labute approximate surface area is 153 Å². The third kappa shape index (κ3) is 4.42. The van der Waals surface area contributed by atoms with Crippen LogP contribution in [0.1, 0.15) is 25.5 Å². The highest BCUT2D eigenvalue weighted by Crippen LogP contribution is 2.26. The molecule has 0 saturated carbocycles. The predicted octanol–water partition coefficient (Wildman–Crippen LogP) is 3.89. The molecule has 3 rings (SSSR count). The Kier molecular flexibility index (Phi) is 5.91. The summed E-state index contributed by atoms with van der Waals surface area (Å²) in [5.74, 6) is 0.537. The van der Waals surface area contributed by atoms with Crippen molar-refractivity contribution in [2.75, 3.05) is 13.2 Å². The van der Waals surface area contributed by atoms with Crippen LogP contribution in [0.2, 0.25) is 0 Å². The lowest BCUT2D eigenvalue weighted by molar-refractivity contribution is 0.227. The minimum absolute atomic E-state index is 0.0901. The van der Waals surface area contributed by atoms with E-state index in [9.17, 15) is 4.39 Å². The summed E-state index contributed by atoms with van der Waals surface area (Å²) < 4.78 is 21.3. The SMILES string of the molecule is CC(CO)NCCn1ccc2ccc(OC(C)c3ccc(F)cc3)cc21. The number of rotatable bonds is 8. The molecule has 0 aliphatic rings. The third-order valence-electron chi connectivity index (χ3n) is 4.52. The zero-order valence-electron chi connectivity index (χ0n) is 15.2. The standard InChI is InChI=1S/C21H25FN2O2/c1-15(14-25)23-10-12-24-11-9-18-5-8-20(13-21(18)24)26-16(2)17-3-6-19(22)7-4-17/h3-9,11,13,15-16,23,25H,10,12,14H2,1-2H3. The van der Waals surface area contributed by atoms with Crippen LogP contribution in [0.15, 0.2) is 54.7 Å². The van der Waals surface area contributed by atoms with Gasteiger partial charge in [-0.05, 0) is 55.1 Å². The number of nitrogens with zero attached hydrogens (tertiary/aromatic N) is 1. The van der Waals surface area contributed by atoms with Crippen LogP contribution in [-0.2, 0) is 6.54 Å². The van der Waals surface area contributed by atoms with Gasteiger partial charge < -0.3 is 19.7 Å². The summed E-state index contributed by atoms with van der Waals surface area (Å²) in [6, 6.07) is 14.6. The zero-order chi connectivity index (χ0) is 18.5. The molecule has 138 valence electrons. The summed E-state index contributed by atoms with van der Waals surface area (Å²) in [6.45, 7) is 5.63. The van der Waals surface area contributed by atoms with E-state index in [4.69, 9.17) is 9.84 Å². The lowest BCUT2D eigenvalue weighted by atomic mass is 10.1. The molecule has 0 aliphatic carbocycles. The van der Waals surface area contributed by atoms with Crippen LogP contribution >= 0.6 is 0 Å². The van der Waals surface area contributed by atoms with Crippen molar-refractivity contribution in [2.45, 2.75) is 32.5 Å². The highest BCUT2D eigenvalue weighted by atomic mass is 19.1. The molecule has 1 aromatic heterocycles. The topological polar surface area (TPSA) is 46.4 Å². The molecule has 0 saturated heterocycles. The zero-order valence-corrected chi connectivity index (χ0v) is 15.2.